The SMILES string of the molecule is CCN(CC)C(=S)[S][Sn]([Cl])([c]1ccccc1)[c]1ccccc1. The summed E-state index contributed by atoms with van der Waals surface area (Å²) in [6, 6.07) is 20.9. The Bertz CT molecular complexity index is 563. The van der Waals surface area contributed by atoms with Gasteiger partial charge in [-0.3, -0.25) is 0 Å². The minimum atomic E-state index is -3.35. The molecule has 0 fully saturated rings. The zero-order valence-electron chi connectivity index (χ0n) is 12.8. The summed E-state index contributed by atoms with van der Waals surface area (Å²) in [7, 11) is 9.05. The van der Waals surface area contributed by atoms with Crippen molar-refractivity contribution in [2.45, 2.75) is 13.8 Å². The molecule has 5 heteroatoms. The van der Waals surface area contributed by atoms with Crippen molar-refractivity contribution >= 4 is 57.4 Å². The van der Waals surface area contributed by atoms with Crippen molar-refractivity contribution in [2.75, 3.05) is 13.1 Å². The molecule has 0 saturated carbocycles. The first-order valence-corrected chi connectivity index (χ1v) is 18.6. The Labute approximate surface area is 149 Å². The van der Waals surface area contributed by atoms with Crippen molar-refractivity contribution in [1.82, 2.24) is 4.90 Å². The van der Waals surface area contributed by atoms with Crippen LogP contribution in [0.15, 0.2) is 60.7 Å². The number of thiocarbonyl (C=S) groups is 1. The number of nitrogens with zero attached hydrogens (tertiary/aromatic N) is 1. The molecule has 0 spiro atoms. The van der Waals surface area contributed by atoms with Crippen molar-refractivity contribution in [3.63, 3.8) is 0 Å². The van der Waals surface area contributed by atoms with Gasteiger partial charge in [-0.05, 0) is 0 Å². The fraction of sp³-hybridized carbons (Fsp3) is 0.235. The van der Waals surface area contributed by atoms with Crippen molar-refractivity contribution in [3.05, 3.63) is 60.7 Å². The van der Waals surface area contributed by atoms with E-state index in [4.69, 9.17) is 21.1 Å². The molecule has 0 radical (unpaired) electrons. The Hall–Kier alpha value is -0.231. The average Bonchev–Trinajstić information content (AvgIpc) is 2.57. The van der Waals surface area contributed by atoms with Crippen LogP contribution < -0.4 is 7.16 Å². The van der Waals surface area contributed by atoms with Crippen LogP contribution in [0.2, 0.25) is 0 Å². The predicted octanol–water partition coefficient (Wildman–Crippen LogP) is 3.84. The van der Waals surface area contributed by atoms with Gasteiger partial charge >= 0.3 is 150 Å². The van der Waals surface area contributed by atoms with E-state index >= 15 is 0 Å². The van der Waals surface area contributed by atoms with Crippen LogP contribution in [0.25, 0.3) is 0 Å². The van der Waals surface area contributed by atoms with Crippen molar-refractivity contribution in [1.29, 1.82) is 0 Å². The van der Waals surface area contributed by atoms with E-state index in [0.717, 1.165) is 17.4 Å². The van der Waals surface area contributed by atoms with Crippen LogP contribution >= 0.6 is 30.1 Å². The third-order valence-electron chi connectivity index (χ3n) is 3.54. The summed E-state index contributed by atoms with van der Waals surface area (Å²) in [6.07, 6.45) is 0. The van der Waals surface area contributed by atoms with E-state index in [2.05, 4.69) is 67.3 Å². The number of rotatable bonds is 5. The summed E-state index contributed by atoms with van der Waals surface area (Å²) in [6.45, 7) is 6.11. The van der Waals surface area contributed by atoms with E-state index in [9.17, 15) is 0 Å². The number of benzene rings is 2. The van der Waals surface area contributed by atoms with Gasteiger partial charge in [0.2, 0.25) is 0 Å². The zero-order valence-corrected chi connectivity index (χ0v) is 18.1. The molecule has 2 aromatic rings. The standard InChI is InChI=1S/2C6H5.C5H11NS2.ClH.Sn/c2*1-2-4-6-5-3-1;1-3-6(4-2)5(7)8;;/h2*1-5H;3-4H2,1-2H3,(H,7,8);1H;/q;;;;+2/p-2. The summed E-state index contributed by atoms with van der Waals surface area (Å²) in [4.78, 5) is 2.21. The monoisotopic (exact) mass is 457 g/mol. The summed E-state index contributed by atoms with van der Waals surface area (Å²) in [5.41, 5.74) is 0. The van der Waals surface area contributed by atoms with Gasteiger partial charge in [0.1, 0.15) is 0 Å². The molecule has 2 aromatic carbocycles. The number of halogens is 1. The quantitative estimate of drug-likeness (QED) is 0.497. The molecular weight excluding hydrogens is 436 g/mol. The summed E-state index contributed by atoms with van der Waals surface area (Å²) in [5, 5.41) is 0. The van der Waals surface area contributed by atoms with Crippen LogP contribution in [-0.4, -0.2) is 38.2 Å². The Morgan fingerprint density at radius 3 is 1.73 bits per heavy atom. The normalized spacial score (nSPS) is 11.2. The van der Waals surface area contributed by atoms with Gasteiger partial charge in [-0.2, -0.15) is 0 Å². The maximum absolute atomic E-state index is 7.30. The fourth-order valence-electron chi connectivity index (χ4n) is 2.26. The molecule has 0 bridgehead atoms. The van der Waals surface area contributed by atoms with Crippen molar-refractivity contribution < 1.29 is 0 Å². The van der Waals surface area contributed by atoms with Gasteiger partial charge in [-0.1, -0.05) is 0 Å². The molecule has 0 atom stereocenters. The minimum absolute atomic E-state index is 0.920. The van der Waals surface area contributed by atoms with Crippen LogP contribution in [0.1, 0.15) is 13.8 Å². The molecule has 116 valence electrons. The number of hydrogen-bond donors (Lipinski definition) is 0. The molecule has 0 aliphatic rings. The number of hydrogen-bond acceptors (Lipinski definition) is 2. The van der Waals surface area contributed by atoms with Crippen LogP contribution in [0.3, 0.4) is 0 Å². The summed E-state index contributed by atoms with van der Waals surface area (Å²) >= 11 is 2.33. The molecule has 0 amide bonds. The second kappa shape index (κ2) is 8.57. The Morgan fingerprint density at radius 1 is 0.955 bits per heavy atom. The third kappa shape index (κ3) is 4.19. The van der Waals surface area contributed by atoms with E-state index in [1.807, 2.05) is 12.1 Å². The van der Waals surface area contributed by atoms with Crippen LogP contribution in [0, 0.1) is 0 Å². The molecule has 0 saturated heterocycles. The van der Waals surface area contributed by atoms with Gasteiger partial charge in [0.25, 0.3) is 0 Å². The molecule has 22 heavy (non-hydrogen) atoms. The van der Waals surface area contributed by atoms with Gasteiger partial charge in [-0.15, -0.1) is 0 Å². The van der Waals surface area contributed by atoms with Gasteiger partial charge < -0.3 is 0 Å². The van der Waals surface area contributed by atoms with Crippen molar-refractivity contribution in [3.8, 4) is 0 Å². The molecule has 0 aliphatic carbocycles. The predicted molar refractivity (Wildman–Crippen MR) is 107 cm³/mol. The molecule has 0 aromatic heterocycles. The molecule has 0 unspecified atom stereocenters. The van der Waals surface area contributed by atoms with Gasteiger partial charge in [0.05, 0.1) is 0 Å². The first kappa shape index (κ1) is 18.1. The van der Waals surface area contributed by atoms with Gasteiger partial charge in [0.15, 0.2) is 0 Å². The first-order valence-electron chi connectivity index (χ1n) is 7.39. The molecule has 1 nitrogen and oxygen atoms in total. The molecule has 0 aliphatic heterocycles. The van der Waals surface area contributed by atoms with E-state index in [1.54, 1.807) is 8.95 Å². The van der Waals surface area contributed by atoms with Gasteiger partial charge in [0, 0.05) is 0 Å². The summed E-state index contributed by atoms with van der Waals surface area (Å²) < 4.78 is 3.43. The third-order valence-corrected chi connectivity index (χ3v) is 23.9. The maximum atomic E-state index is 7.30. The molecule has 0 heterocycles. The second-order valence-corrected chi connectivity index (χ2v) is 24.0. The Kier molecular flexibility index (Phi) is 7.06. The first-order chi connectivity index (χ1) is 10.6. The molecule has 2 rings (SSSR count). The van der Waals surface area contributed by atoms with E-state index in [0.29, 0.717) is 0 Å². The fourth-order valence-corrected chi connectivity index (χ4v) is 21.5. The van der Waals surface area contributed by atoms with E-state index in [-0.39, 0.29) is 0 Å². The zero-order chi connectivity index (χ0) is 16.0. The molecular formula is C17H20ClNS2Sn. The van der Waals surface area contributed by atoms with E-state index in [1.165, 1.54) is 7.16 Å². The van der Waals surface area contributed by atoms with E-state index < -0.39 is 15.9 Å². The van der Waals surface area contributed by atoms with Crippen LogP contribution in [-0.2, 0) is 0 Å². The Balaban J connectivity index is 2.41. The second-order valence-electron chi connectivity index (χ2n) is 4.87. The van der Waals surface area contributed by atoms with Crippen molar-refractivity contribution in [2.24, 2.45) is 0 Å². The van der Waals surface area contributed by atoms with Crippen LogP contribution in [0.4, 0.5) is 0 Å². The van der Waals surface area contributed by atoms with Crippen LogP contribution in [0.5, 0.6) is 0 Å². The summed E-state index contributed by atoms with van der Waals surface area (Å²) in [5.74, 6) is 0. The molecule has 0 N–H and O–H groups in total. The van der Waals surface area contributed by atoms with Gasteiger partial charge in [-0.25, -0.2) is 0 Å². The Morgan fingerprint density at radius 2 is 1.36 bits per heavy atom. The average molecular weight is 457 g/mol. The topological polar surface area (TPSA) is 3.24 Å².